The SMILES string of the molecule is O=C1S/C(=C/c2ccc(N3CCOCC3)o2)C(=O)N1CC1CCCCC1. The van der Waals surface area contributed by atoms with Crippen molar-refractivity contribution in [1.29, 1.82) is 0 Å². The third-order valence-corrected chi connectivity index (χ3v) is 6.16. The molecule has 1 aromatic rings. The third-order valence-electron chi connectivity index (χ3n) is 5.25. The van der Waals surface area contributed by atoms with Crippen LogP contribution in [0.5, 0.6) is 0 Å². The predicted molar refractivity (Wildman–Crippen MR) is 101 cm³/mol. The number of rotatable bonds is 4. The van der Waals surface area contributed by atoms with Gasteiger partial charge in [-0.1, -0.05) is 19.3 Å². The molecule has 2 amide bonds. The van der Waals surface area contributed by atoms with Crippen molar-refractivity contribution < 1.29 is 18.7 Å². The molecule has 0 aromatic carbocycles. The summed E-state index contributed by atoms with van der Waals surface area (Å²) < 4.78 is 11.2. The van der Waals surface area contributed by atoms with Gasteiger partial charge in [0.15, 0.2) is 5.88 Å². The van der Waals surface area contributed by atoms with Gasteiger partial charge in [-0.15, -0.1) is 0 Å². The Balaban J connectivity index is 1.43. The fourth-order valence-corrected chi connectivity index (χ4v) is 4.62. The van der Waals surface area contributed by atoms with Gasteiger partial charge in [0, 0.05) is 31.8 Å². The molecule has 26 heavy (non-hydrogen) atoms. The first kappa shape index (κ1) is 17.7. The summed E-state index contributed by atoms with van der Waals surface area (Å²) in [6, 6.07) is 3.75. The Morgan fingerprint density at radius 2 is 1.88 bits per heavy atom. The van der Waals surface area contributed by atoms with E-state index in [0.717, 1.165) is 43.6 Å². The summed E-state index contributed by atoms with van der Waals surface area (Å²) in [4.78, 5) is 28.9. The van der Waals surface area contributed by atoms with E-state index in [2.05, 4.69) is 4.90 Å². The number of furan rings is 1. The van der Waals surface area contributed by atoms with Crippen molar-refractivity contribution in [3.63, 3.8) is 0 Å². The monoisotopic (exact) mass is 376 g/mol. The van der Waals surface area contributed by atoms with E-state index in [-0.39, 0.29) is 11.1 Å². The normalized spacial score (nSPS) is 24.1. The van der Waals surface area contributed by atoms with Crippen molar-refractivity contribution in [3.05, 3.63) is 22.8 Å². The Kier molecular flexibility index (Phi) is 5.36. The maximum absolute atomic E-state index is 12.6. The second kappa shape index (κ2) is 7.88. The topological polar surface area (TPSA) is 63.0 Å². The minimum atomic E-state index is -0.185. The summed E-state index contributed by atoms with van der Waals surface area (Å²) in [5.74, 6) is 1.65. The third kappa shape index (κ3) is 3.83. The molecule has 0 unspecified atom stereocenters. The van der Waals surface area contributed by atoms with Crippen LogP contribution in [0.3, 0.4) is 0 Å². The smallest absolute Gasteiger partial charge is 0.293 e. The van der Waals surface area contributed by atoms with E-state index < -0.39 is 0 Å². The zero-order chi connectivity index (χ0) is 17.9. The Morgan fingerprint density at radius 3 is 2.65 bits per heavy atom. The minimum absolute atomic E-state index is 0.160. The molecule has 0 spiro atoms. The molecule has 7 heteroatoms. The van der Waals surface area contributed by atoms with Crippen LogP contribution in [0.4, 0.5) is 10.7 Å². The second-order valence-electron chi connectivity index (χ2n) is 7.07. The highest BCUT2D eigenvalue weighted by atomic mass is 32.2. The molecule has 2 saturated heterocycles. The Hall–Kier alpha value is -1.73. The zero-order valence-electron chi connectivity index (χ0n) is 14.8. The molecule has 2 aliphatic heterocycles. The molecule has 3 heterocycles. The fourth-order valence-electron chi connectivity index (χ4n) is 3.79. The van der Waals surface area contributed by atoms with Crippen LogP contribution in [-0.2, 0) is 9.53 Å². The zero-order valence-corrected chi connectivity index (χ0v) is 15.6. The lowest BCUT2D eigenvalue weighted by molar-refractivity contribution is -0.123. The van der Waals surface area contributed by atoms with Crippen LogP contribution in [0.2, 0.25) is 0 Å². The van der Waals surface area contributed by atoms with Crippen molar-refractivity contribution in [2.75, 3.05) is 37.7 Å². The fraction of sp³-hybridized carbons (Fsp3) is 0.579. The average molecular weight is 376 g/mol. The minimum Gasteiger partial charge on any atom is -0.441 e. The van der Waals surface area contributed by atoms with Crippen molar-refractivity contribution in [3.8, 4) is 0 Å². The standard InChI is InChI=1S/C19H24N2O4S/c22-18-16(26-19(23)21(18)13-14-4-2-1-3-5-14)12-15-6-7-17(25-15)20-8-10-24-11-9-20/h6-7,12,14H,1-5,8-11,13H2/b16-12+. The molecule has 4 rings (SSSR count). The van der Waals surface area contributed by atoms with E-state index >= 15 is 0 Å². The highest BCUT2D eigenvalue weighted by molar-refractivity contribution is 8.18. The Bertz CT molecular complexity index is 702. The van der Waals surface area contributed by atoms with Crippen LogP contribution >= 0.6 is 11.8 Å². The van der Waals surface area contributed by atoms with Gasteiger partial charge in [0.05, 0.1) is 18.1 Å². The maximum Gasteiger partial charge on any atom is 0.293 e. The number of anilines is 1. The lowest BCUT2D eigenvalue weighted by atomic mass is 9.89. The van der Waals surface area contributed by atoms with Gasteiger partial charge < -0.3 is 14.1 Å². The van der Waals surface area contributed by atoms with Crippen molar-refractivity contribution in [2.45, 2.75) is 32.1 Å². The second-order valence-corrected chi connectivity index (χ2v) is 8.06. The summed E-state index contributed by atoms with van der Waals surface area (Å²) in [5, 5.41) is -0.160. The van der Waals surface area contributed by atoms with E-state index in [1.54, 1.807) is 6.08 Å². The molecule has 0 radical (unpaired) electrons. The molecule has 1 saturated carbocycles. The van der Waals surface area contributed by atoms with Crippen molar-refractivity contribution in [2.24, 2.45) is 5.92 Å². The number of hydrogen-bond acceptors (Lipinski definition) is 6. The van der Waals surface area contributed by atoms with Gasteiger partial charge in [-0.25, -0.2) is 0 Å². The quantitative estimate of drug-likeness (QED) is 0.746. The molecule has 0 atom stereocenters. The van der Waals surface area contributed by atoms with Gasteiger partial charge in [0.1, 0.15) is 5.76 Å². The molecule has 6 nitrogen and oxygen atoms in total. The Labute approximate surface area is 157 Å². The van der Waals surface area contributed by atoms with Crippen LogP contribution in [0.1, 0.15) is 37.9 Å². The van der Waals surface area contributed by atoms with Crippen LogP contribution in [0.25, 0.3) is 6.08 Å². The van der Waals surface area contributed by atoms with Crippen molar-refractivity contribution in [1.82, 2.24) is 4.90 Å². The molecule has 1 aromatic heterocycles. The summed E-state index contributed by atoms with van der Waals surface area (Å²) in [6.07, 6.45) is 7.59. The molecule has 3 fully saturated rings. The number of nitrogens with zero attached hydrogens (tertiary/aromatic N) is 2. The van der Waals surface area contributed by atoms with E-state index in [1.165, 1.54) is 24.2 Å². The van der Waals surface area contributed by atoms with Crippen LogP contribution in [0, 0.1) is 5.92 Å². The van der Waals surface area contributed by atoms with Crippen LogP contribution in [-0.4, -0.2) is 48.9 Å². The summed E-state index contributed by atoms with van der Waals surface area (Å²) in [6.45, 7) is 3.53. The van der Waals surface area contributed by atoms with E-state index in [9.17, 15) is 9.59 Å². The number of imide groups is 1. The van der Waals surface area contributed by atoms with Gasteiger partial charge in [0.25, 0.3) is 11.1 Å². The molecule has 0 N–H and O–H groups in total. The first-order chi connectivity index (χ1) is 12.7. The van der Waals surface area contributed by atoms with Gasteiger partial charge in [0.2, 0.25) is 0 Å². The molecular weight excluding hydrogens is 352 g/mol. The summed E-state index contributed by atoms with van der Waals surface area (Å²) in [7, 11) is 0. The summed E-state index contributed by atoms with van der Waals surface area (Å²) in [5.41, 5.74) is 0. The maximum atomic E-state index is 12.6. The van der Waals surface area contributed by atoms with Crippen LogP contribution < -0.4 is 4.90 Å². The van der Waals surface area contributed by atoms with E-state index in [0.29, 0.717) is 36.3 Å². The number of thioether (sulfide) groups is 1. The Morgan fingerprint density at radius 1 is 1.12 bits per heavy atom. The highest BCUT2D eigenvalue weighted by Gasteiger charge is 2.36. The number of carbonyl (C=O) groups is 2. The lowest BCUT2D eigenvalue weighted by Crippen LogP contribution is -2.35. The van der Waals surface area contributed by atoms with E-state index in [4.69, 9.17) is 9.15 Å². The number of morpholine rings is 1. The number of hydrogen-bond donors (Lipinski definition) is 0. The predicted octanol–water partition coefficient (Wildman–Crippen LogP) is 3.73. The first-order valence-corrected chi connectivity index (χ1v) is 10.2. The average Bonchev–Trinajstić information content (AvgIpc) is 3.24. The van der Waals surface area contributed by atoms with E-state index in [1.807, 2.05) is 12.1 Å². The molecule has 0 bridgehead atoms. The van der Waals surface area contributed by atoms with Gasteiger partial charge in [-0.05, 0) is 36.6 Å². The van der Waals surface area contributed by atoms with Crippen molar-refractivity contribution >= 4 is 34.9 Å². The van der Waals surface area contributed by atoms with Gasteiger partial charge in [-0.2, -0.15) is 0 Å². The number of amides is 2. The molecule has 1 aliphatic carbocycles. The number of ether oxygens (including phenoxy) is 1. The molecule has 3 aliphatic rings. The van der Waals surface area contributed by atoms with Gasteiger partial charge >= 0.3 is 0 Å². The highest BCUT2D eigenvalue weighted by Crippen LogP contribution is 2.35. The first-order valence-electron chi connectivity index (χ1n) is 9.38. The van der Waals surface area contributed by atoms with Crippen LogP contribution in [0.15, 0.2) is 21.5 Å². The lowest BCUT2D eigenvalue weighted by Gasteiger charge is -2.26. The van der Waals surface area contributed by atoms with Gasteiger partial charge in [-0.3, -0.25) is 14.5 Å². The molecule has 140 valence electrons. The number of carbonyl (C=O) groups excluding carboxylic acids is 2. The summed E-state index contributed by atoms with van der Waals surface area (Å²) >= 11 is 1.01. The molecular formula is C19H24N2O4S. The largest absolute Gasteiger partial charge is 0.441 e.